The highest BCUT2D eigenvalue weighted by molar-refractivity contribution is 6.06. The maximum absolute atomic E-state index is 13.0. The van der Waals surface area contributed by atoms with E-state index in [1.165, 1.54) is 73.6 Å². The van der Waals surface area contributed by atoms with Gasteiger partial charge in [-0.05, 0) is 78.4 Å². The van der Waals surface area contributed by atoms with Gasteiger partial charge in [-0.2, -0.15) is 0 Å². The topological polar surface area (TPSA) is 26.3 Å². The number of ether oxygens (including phenoxy) is 1. The summed E-state index contributed by atoms with van der Waals surface area (Å²) in [6, 6.07) is 21.9. The fourth-order valence-corrected chi connectivity index (χ4v) is 3.71. The van der Waals surface area contributed by atoms with Gasteiger partial charge in [0.05, 0.1) is 6.61 Å². The lowest BCUT2D eigenvalue weighted by molar-refractivity contribution is 0.104. The van der Waals surface area contributed by atoms with Crippen LogP contribution in [0.4, 0.5) is 4.39 Å². The summed E-state index contributed by atoms with van der Waals surface area (Å²) in [4.78, 5) is 12.1. The molecule has 0 N–H and O–H groups in total. The van der Waals surface area contributed by atoms with E-state index in [1.54, 1.807) is 6.08 Å². The van der Waals surface area contributed by atoms with Crippen molar-refractivity contribution in [3.05, 3.63) is 114 Å². The Kier molecular flexibility index (Phi) is 10.3. The number of carbonyl (C=O) groups excluding carboxylic acids is 1. The minimum atomic E-state index is -0.349. The molecule has 0 heterocycles. The summed E-state index contributed by atoms with van der Waals surface area (Å²) in [5.41, 5.74) is 3.96. The van der Waals surface area contributed by atoms with Crippen LogP contribution in [-0.4, -0.2) is 12.4 Å². The third-order valence-electron chi connectivity index (χ3n) is 5.78. The Labute approximate surface area is 202 Å². The fraction of sp³-hybridized carbons (Fsp3) is 0.258. The molecule has 0 unspecified atom stereocenters. The van der Waals surface area contributed by atoms with Crippen molar-refractivity contribution in [2.45, 2.75) is 44.9 Å². The van der Waals surface area contributed by atoms with Gasteiger partial charge >= 0.3 is 0 Å². The molecule has 0 atom stereocenters. The lowest BCUT2D eigenvalue weighted by Crippen LogP contribution is -1.97. The van der Waals surface area contributed by atoms with E-state index in [2.05, 4.69) is 30.8 Å². The van der Waals surface area contributed by atoms with Crippen LogP contribution in [0.15, 0.2) is 85.5 Å². The van der Waals surface area contributed by atoms with E-state index in [-0.39, 0.29) is 11.6 Å². The zero-order chi connectivity index (χ0) is 24.0. The largest absolute Gasteiger partial charge is 0.494 e. The van der Waals surface area contributed by atoms with Crippen LogP contribution >= 0.6 is 0 Å². The number of rotatable bonds is 14. The predicted molar refractivity (Wildman–Crippen MR) is 140 cm³/mol. The Morgan fingerprint density at radius 1 is 0.765 bits per heavy atom. The van der Waals surface area contributed by atoms with Crippen LogP contribution < -0.4 is 4.74 Å². The monoisotopic (exact) mass is 456 g/mol. The van der Waals surface area contributed by atoms with Crippen LogP contribution in [0.1, 0.15) is 65.6 Å². The fourth-order valence-electron chi connectivity index (χ4n) is 3.71. The molecule has 3 rings (SSSR count). The summed E-state index contributed by atoms with van der Waals surface area (Å²) < 4.78 is 18.8. The second-order valence-electron chi connectivity index (χ2n) is 8.44. The second-order valence-corrected chi connectivity index (χ2v) is 8.44. The molecule has 0 saturated carbocycles. The Bertz CT molecular complexity index is 1050. The van der Waals surface area contributed by atoms with Crippen molar-refractivity contribution in [2.75, 3.05) is 6.61 Å². The minimum Gasteiger partial charge on any atom is -0.494 e. The number of carbonyl (C=O) groups is 1. The van der Waals surface area contributed by atoms with E-state index < -0.39 is 0 Å². The number of ketones is 1. The molecule has 2 nitrogen and oxygen atoms in total. The van der Waals surface area contributed by atoms with Crippen LogP contribution in [-0.2, 0) is 6.42 Å². The summed E-state index contributed by atoms with van der Waals surface area (Å²) in [5.74, 6) is 0.338. The highest BCUT2D eigenvalue weighted by atomic mass is 19.1. The third kappa shape index (κ3) is 8.82. The third-order valence-corrected chi connectivity index (χ3v) is 5.78. The van der Waals surface area contributed by atoms with Gasteiger partial charge in [0.15, 0.2) is 5.78 Å². The predicted octanol–water partition coefficient (Wildman–Crippen LogP) is 8.33. The zero-order valence-corrected chi connectivity index (χ0v) is 19.7. The molecular weight excluding hydrogens is 423 g/mol. The molecular formula is C31H33FO2. The van der Waals surface area contributed by atoms with Crippen molar-refractivity contribution >= 4 is 17.9 Å². The minimum absolute atomic E-state index is 0.150. The van der Waals surface area contributed by atoms with Crippen LogP contribution in [0.5, 0.6) is 5.75 Å². The molecule has 3 aromatic carbocycles. The molecule has 3 aromatic rings. The molecule has 0 radical (unpaired) electrons. The van der Waals surface area contributed by atoms with Crippen molar-refractivity contribution in [2.24, 2.45) is 0 Å². The number of hydrogen-bond donors (Lipinski definition) is 0. The van der Waals surface area contributed by atoms with Crippen molar-refractivity contribution in [1.29, 1.82) is 0 Å². The van der Waals surface area contributed by atoms with Gasteiger partial charge in [-0.3, -0.25) is 4.79 Å². The molecule has 0 aromatic heterocycles. The lowest BCUT2D eigenvalue weighted by Gasteiger charge is -2.07. The summed E-state index contributed by atoms with van der Waals surface area (Å²) in [7, 11) is 0. The van der Waals surface area contributed by atoms with Crippen molar-refractivity contribution in [3.8, 4) is 5.75 Å². The highest BCUT2D eigenvalue weighted by Gasteiger charge is 2.02. The van der Waals surface area contributed by atoms with E-state index in [4.69, 9.17) is 4.74 Å². The van der Waals surface area contributed by atoms with E-state index in [0.29, 0.717) is 12.2 Å². The maximum Gasteiger partial charge on any atom is 0.185 e. The molecule has 0 fully saturated rings. The van der Waals surface area contributed by atoms with E-state index >= 15 is 0 Å². The molecule has 0 amide bonds. The number of hydrogen-bond acceptors (Lipinski definition) is 2. The van der Waals surface area contributed by atoms with Crippen molar-refractivity contribution in [1.82, 2.24) is 0 Å². The lowest BCUT2D eigenvalue weighted by atomic mass is 10.0. The number of aryl methyl sites for hydroxylation is 1. The number of allylic oxidation sites excluding steroid dienone is 1. The van der Waals surface area contributed by atoms with Crippen LogP contribution in [0.3, 0.4) is 0 Å². The quantitative estimate of drug-likeness (QED) is 0.138. The van der Waals surface area contributed by atoms with Gasteiger partial charge in [0.2, 0.25) is 0 Å². The molecule has 34 heavy (non-hydrogen) atoms. The average Bonchev–Trinajstić information content (AvgIpc) is 2.87. The molecule has 0 bridgehead atoms. The van der Waals surface area contributed by atoms with Crippen molar-refractivity contribution in [3.63, 3.8) is 0 Å². The van der Waals surface area contributed by atoms with Gasteiger partial charge in [0.25, 0.3) is 0 Å². The number of unbranched alkanes of at least 4 members (excludes halogenated alkanes) is 5. The molecule has 0 aliphatic rings. The molecule has 0 aliphatic carbocycles. The average molecular weight is 457 g/mol. The van der Waals surface area contributed by atoms with Gasteiger partial charge in [-0.25, -0.2) is 4.39 Å². The molecule has 0 aliphatic heterocycles. The maximum atomic E-state index is 13.0. The van der Waals surface area contributed by atoms with Gasteiger partial charge in [-0.1, -0.05) is 80.8 Å². The number of halogens is 1. The standard InChI is InChI=1S/C31H33FO2/c1-2-25-10-12-26(13-11-25)9-7-5-3-4-6-8-24-34-30-21-14-27(15-22-30)16-23-31(33)28-17-19-29(32)20-18-28/h2,10-23H,1,3-9,24H2. The first-order valence-corrected chi connectivity index (χ1v) is 12.1. The van der Waals surface area contributed by atoms with Crippen molar-refractivity contribution < 1.29 is 13.9 Å². The first-order valence-electron chi connectivity index (χ1n) is 12.1. The smallest absolute Gasteiger partial charge is 0.185 e. The van der Waals surface area contributed by atoms with Crippen LogP contribution in [0, 0.1) is 5.82 Å². The van der Waals surface area contributed by atoms with Crippen LogP contribution in [0.25, 0.3) is 12.2 Å². The summed E-state index contributed by atoms with van der Waals surface area (Å²) in [5, 5.41) is 0. The molecule has 176 valence electrons. The molecule has 0 saturated heterocycles. The Morgan fingerprint density at radius 3 is 2.06 bits per heavy atom. The van der Waals surface area contributed by atoms with E-state index in [1.807, 2.05) is 30.3 Å². The highest BCUT2D eigenvalue weighted by Crippen LogP contribution is 2.16. The zero-order valence-electron chi connectivity index (χ0n) is 19.7. The van der Waals surface area contributed by atoms with Gasteiger partial charge in [0, 0.05) is 5.56 Å². The van der Waals surface area contributed by atoms with Gasteiger partial charge < -0.3 is 4.74 Å². The normalized spacial score (nSPS) is 11.0. The summed E-state index contributed by atoms with van der Waals surface area (Å²) in [6.07, 6.45) is 13.5. The number of benzene rings is 3. The summed E-state index contributed by atoms with van der Waals surface area (Å²) >= 11 is 0. The first-order chi connectivity index (χ1) is 16.6. The Morgan fingerprint density at radius 2 is 1.38 bits per heavy atom. The molecule has 0 spiro atoms. The van der Waals surface area contributed by atoms with Gasteiger partial charge in [-0.15, -0.1) is 0 Å². The molecule has 3 heteroatoms. The second kappa shape index (κ2) is 13.9. The van der Waals surface area contributed by atoms with Crippen LogP contribution in [0.2, 0.25) is 0 Å². The SMILES string of the molecule is C=Cc1ccc(CCCCCCCCOc2ccc(C=CC(=O)c3ccc(F)cc3)cc2)cc1. The summed E-state index contributed by atoms with van der Waals surface area (Å²) in [6.45, 7) is 4.51. The Hall–Kier alpha value is -3.46. The van der Waals surface area contributed by atoms with E-state index in [9.17, 15) is 9.18 Å². The first kappa shape index (κ1) is 25.2. The Balaban J connectivity index is 1.25. The van der Waals surface area contributed by atoms with E-state index in [0.717, 1.165) is 24.2 Å². The van der Waals surface area contributed by atoms with Gasteiger partial charge in [0.1, 0.15) is 11.6 Å².